The van der Waals surface area contributed by atoms with E-state index in [1.54, 1.807) is 13.3 Å². The van der Waals surface area contributed by atoms with Crippen molar-refractivity contribution in [1.29, 1.82) is 0 Å². The molecule has 1 aromatic heterocycles. The minimum absolute atomic E-state index is 0.0459. The van der Waals surface area contributed by atoms with Gasteiger partial charge in [-0.1, -0.05) is 29.8 Å². The van der Waals surface area contributed by atoms with Crippen LogP contribution in [0.25, 0.3) is 10.9 Å². The monoisotopic (exact) mass is 496 g/mol. The molecule has 1 fully saturated rings. The third-order valence-electron chi connectivity index (χ3n) is 7.19. The van der Waals surface area contributed by atoms with Crippen LogP contribution >= 0.6 is 11.6 Å². The van der Waals surface area contributed by atoms with Crippen molar-refractivity contribution in [1.82, 2.24) is 9.88 Å². The highest BCUT2D eigenvalue weighted by Gasteiger charge is 2.34. The number of piperidine rings is 1. The molecule has 1 aliphatic rings. The number of hydrogen-bond donors (Lipinski definition) is 2. The number of aryl methyl sites for hydroxylation is 1. The van der Waals surface area contributed by atoms with E-state index in [1.807, 2.05) is 48.5 Å². The molecule has 2 aromatic carbocycles. The van der Waals surface area contributed by atoms with Gasteiger partial charge in [0.2, 0.25) is 0 Å². The Balaban J connectivity index is 1.34. The van der Waals surface area contributed by atoms with Crippen LogP contribution < -0.4 is 4.74 Å². The fourth-order valence-electron chi connectivity index (χ4n) is 5.18. The molecule has 186 valence electrons. The number of hydrogen-bond acceptors (Lipinski definition) is 5. The number of carboxylic acid groups (broad SMARTS) is 1. The zero-order valence-corrected chi connectivity index (χ0v) is 20.8. The van der Waals surface area contributed by atoms with E-state index in [2.05, 4.69) is 9.88 Å². The van der Waals surface area contributed by atoms with E-state index < -0.39 is 18.0 Å². The van der Waals surface area contributed by atoms with Gasteiger partial charge in [0, 0.05) is 23.2 Å². The first kappa shape index (κ1) is 25.4. The molecule has 7 heteroatoms. The van der Waals surface area contributed by atoms with E-state index in [9.17, 15) is 15.0 Å². The van der Waals surface area contributed by atoms with Gasteiger partial charge >= 0.3 is 5.97 Å². The lowest BCUT2D eigenvalue weighted by atomic mass is 9.81. The van der Waals surface area contributed by atoms with Gasteiger partial charge in [0.15, 0.2) is 0 Å². The predicted octanol–water partition coefficient (Wildman–Crippen LogP) is 5.37. The molecule has 3 aromatic rings. The number of likely N-dealkylation sites (tertiary alicyclic amines) is 1. The standard InChI is InChI=1S/C28H33ClN2O4/c1-35-21-9-10-26-23(17-21)22(12-14-30-26)27(32)11-8-19-13-16-31(18-24(19)28(33)34)15-4-6-20-5-2-3-7-25(20)29/h2-3,5,7,9-10,12,14,17,19,24,27,32H,4,6,8,11,13,15-16,18H2,1H3,(H,33,34)/t19-,24+,27+/m1/s1. The molecule has 3 atom stereocenters. The van der Waals surface area contributed by atoms with Crippen LogP contribution in [0.2, 0.25) is 5.02 Å². The van der Waals surface area contributed by atoms with Crippen LogP contribution in [0.3, 0.4) is 0 Å². The Morgan fingerprint density at radius 2 is 2.09 bits per heavy atom. The highest BCUT2D eigenvalue weighted by molar-refractivity contribution is 6.31. The SMILES string of the molecule is COc1ccc2nccc([C@@H](O)CC[C@@H]3CCN(CCCc4ccccc4Cl)C[C@@H]3C(=O)O)c2c1. The normalized spacial score (nSPS) is 19.5. The summed E-state index contributed by atoms with van der Waals surface area (Å²) in [6.07, 6.45) is 4.84. The van der Waals surface area contributed by atoms with Crippen molar-refractivity contribution in [2.75, 3.05) is 26.7 Å². The Hall–Kier alpha value is -2.67. The second-order valence-corrected chi connectivity index (χ2v) is 9.77. The van der Waals surface area contributed by atoms with Crippen molar-refractivity contribution in [3.8, 4) is 5.75 Å². The first-order valence-corrected chi connectivity index (χ1v) is 12.6. The van der Waals surface area contributed by atoms with E-state index in [-0.39, 0.29) is 5.92 Å². The molecule has 0 spiro atoms. The number of aliphatic carboxylic acids is 1. The minimum atomic E-state index is -0.751. The topological polar surface area (TPSA) is 82.9 Å². The van der Waals surface area contributed by atoms with E-state index in [4.69, 9.17) is 16.3 Å². The van der Waals surface area contributed by atoms with Crippen LogP contribution in [-0.4, -0.2) is 52.8 Å². The molecular formula is C28H33ClN2O4. The Bertz CT molecular complexity index is 1150. The van der Waals surface area contributed by atoms with Crippen molar-refractivity contribution in [3.63, 3.8) is 0 Å². The van der Waals surface area contributed by atoms with Crippen molar-refractivity contribution in [3.05, 3.63) is 70.9 Å². The van der Waals surface area contributed by atoms with E-state index in [1.165, 1.54) is 0 Å². The summed E-state index contributed by atoms with van der Waals surface area (Å²) in [7, 11) is 1.61. The molecule has 0 aliphatic carbocycles. The summed E-state index contributed by atoms with van der Waals surface area (Å²) >= 11 is 6.26. The maximum absolute atomic E-state index is 12.1. The molecule has 1 saturated heterocycles. The number of aromatic nitrogens is 1. The Labute approximate surface area is 211 Å². The van der Waals surface area contributed by atoms with Crippen molar-refractivity contribution in [2.45, 2.75) is 38.2 Å². The molecular weight excluding hydrogens is 464 g/mol. The number of pyridine rings is 1. The number of halogens is 1. The molecule has 4 rings (SSSR count). The molecule has 0 unspecified atom stereocenters. The average Bonchev–Trinajstić information content (AvgIpc) is 2.88. The number of carboxylic acids is 1. The zero-order chi connectivity index (χ0) is 24.8. The van der Waals surface area contributed by atoms with Crippen molar-refractivity contribution < 1.29 is 19.7 Å². The number of benzene rings is 2. The summed E-state index contributed by atoms with van der Waals surface area (Å²) in [5, 5.41) is 22.6. The zero-order valence-electron chi connectivity index (χ0n) is 20.1. The number of methoxy groups -OCH3 is 1. The summed E-state index contributed by atoms with van der Waals surface area (Å²) in [6.45, 7) is 2.28. The third-order valence-corrected chi connectivity index (χ3v) is 7.56. The van der Waals surface area contributed by atoms with Crippen molar-refractivity contribution >= 4 is 28.5 Å². The average molecular weight is 497 g/mol. The molecule has 1 aliphatic heterocycles. The second kappa shape index (κ2) is 11.8. The second-order valence-electron chi connectivity index (χ2n) is 9.37. The van der Waals surface area contributed by atoms with Gasteiger partial charge in [-0.25, -0.2) is 0 Å². The first-order chi connectivity index (χ1) is 17.0. The maximum Gasteiger partial charge on any atom is 0.308 e. The first-order valence-electron chi connectivity index (χ1n) is 12.3. The highest BCUT2D eigenvalue weighted by Crippen LogP contribution is 2.34. The highest BCUT2D eigenvalue weighted by atomic mass is 35.5. The summed E-state index contributed by atoms with van der Waals surface area (Å²) in [4.78, 5) is 18.7. The van der Waals surface area contributed by atoms with E-state index >= 15 is 0 Å². The molecule has 0 radical (unpaired) electrons. The minimum Gasteiger partial charge on any atom is -0.497 e. The fraction of sp³-hybridized carbons (Fsp3) is 0.429. The lowest BCUT2D eigenvalue weighted by Crippen LogP contribution is -2.44. The molecule has 2 heterocycles. The van der Waals surface area contributed by atoms with Crippen LogP contribution in [-0.2, 0) is 11.2 Å². The van der Waals surface area contributed by atoms with Gasteiger partial charge in [-0.05, 0) is 92.6 Å². The number of fused-ring (bicyclic) bond motifs is 1. The number of carbonyl (C=O) groups is 1. The summed E-state index contributed by atoms with van der Waals surface area (Å²) in [5.74, 6) is -0.415. The van der Waals surface area contributed by atoms with Gasteiger partial charge in [-0.2, -0.15) is 0 Å². The van der Waals surface area contributed by atoms with Crippen LogP contribution in [0.1, 0.15) is 42.9 Å². The molecule has 0 amide bonds. The lowest BCUT2D eigenvalue weighted by molar-refractivity contribution is -0.146. The Kier molecular flexibility index (Phi) is 8.60. The fourth-order valence-corrected chi connectivity index (χ4v) is 5.41. The van der Waals surface area contributed by atoms with Gasteiger partial charge in [0.25, 0.3) is 0 Å². The molecule has 0 bridgehead atoms. The maximum atomic E-state index is 12.1. The van der Waals surface area contributed by atoms with Gasteiger partial charge in [-0.15, -0.1) is 0 Å². The number of nitrogens with zero attached hydrogens (tertiary/aromatic N) is 2. The van der Waals surface area contributed by atoms with Gasteiger partial charge in [0.05, 0.1) is 24.6 Å². The largest absolute Gasteiger partial charge is 0.497 e. The smallest absolute Gasteiger partial charge is 0.308 e. The Morgan fingerprint density at radius 3 is 2.86 bits per heavy atom. The van der Waals surface area contributed by atoms with E-state index in [0.29, 0.717) is 25.1 Å². The van der Waals surface area contributed by atoms with Crippen molar-refractivity contribution in [2.24, 2.45) is 11.8 Å². The van der Waals surface area contributed by atoms with Crippen LogP contribution in [0.4, 0.5) is 0 Å². The summed E-state index contributed by atoms with van der Waals surface area (Å²) in [5.41, 5.74) is 2.74. The van der Waals surface area contributed by atoms with Gasteiger partial charge in [0.1, 0.15) is 5.75 Å². The van der Waals surface area contributed by atoms with E-state index in [0.717, 1.165) is 59.4 Å². The molecule has 35 heavy (non-hydrogen) atoms. The van der Waals surface area contributed by atoms with Crippen LogP contribution in [0.15, 0.2) is 54.7 Å². The Morgan fingerprint density at radius 1 is 1.26 bits per heavy atom. The van der Waals surface area contributed by atoms with Gasteiger partial charge in [-0.3, -0.25) is 9.78 Å². The summed E-state index contributed by atoms with van der Waals surface area (Å²) < 4.78 is 5.34. The number of aliphatic hydroxyl groups excluding tert-OH is 1. The van der Waals surface area contributed by atoms with Crippen LogP contribution in [0, 0.1) is 11.8 Å². The number of ether oxygens (including phenoxy) is 1. The molecule has 2 N–H and O–H groups in total. The quantitative estimate of drug-likeness (QED) is 0.393. The number of rotatable bonds is 10. The number of aliphatic hydroxyl groups is 1. The van der Waals surface area contributed by atoms with Gasteiger partial charge < -0.3 is 19.8 Å². The van der Waals surface area contributed by atoms with Crippen LogP contribution in [0.5, 0.6) is 5.75 Å². The molecule has 6 nitrogen and oxygen atoms in total. The third kappa shape index (κ3) is 6.31. The predicted molar refractivity (Wildman–Crippen MR) is 138 cm³/mol. The lowest BCUT2D eigenvalue weighted by Gasteiger charge is -2.37. The molecule has 0 saturated carbocycles. The summed E-state index contributed by atoms with van der Waals surface area (Å²) in [6, 6.07) is 15.3.